The fourth-order valence-corrected chi connectivity index (χ4v) is 4.41. The number of nitrogens with one attached hydrogen (secondary N) is 1. The van der Waals surface area contributed by atoms with Gasteiger partial charge < -0.3 is 15.0 Å². The third-order valence-corrected chi connectivity index (χ3v) is 6.44. The van der Waals surface area contributed by atoms with Gasteiger partial charge in [0, 0.05) is 27.7 Å². The van der Waals surface area contributed by atoms with Gasteiger partial charge in [-0.05, 0) is 67.3 Å². The van der Waals surface area contributed by atoms with E-state index in [-0.39, 0.29) is 11.8 Å². The van der Waals surface area contributed by atoms with Crippen LogP contribution in [0.15, 0.2) is 89.4 Å². The van der Waals surface area contributed by atoms with Crippen LogP contribution in [0.4, 0.5) is 11.4 Å². The lowest BCUT2D eigenvalue weighted by molar-refractivity contribution is 0.0987. The number of nitrogens with zero attached hydrogens (tertiary/aromatic N) is 1. The predicted octanol–water partition coefficient (Wildman–Crippen LogP) is 7.70. The van der Waals surface area contributed by atoms with Gasteiger partial charge in [0.25, 0.3) is 11.8 Å². The second-order valence-electron chi connectivity index (χ2n) is 8.42. The summed E-state index contributed by atoms with van der Waals surface area (Å²) in [6.07, 6.45) is 1.93. The van der Waals surface area contributed by atoms with E-state index in [2.05, 4.69) is 28.2 Å². The maximum atomic E-state index is 13.4. The first-order chi connectivity index (χ1) is 17.5. The summed E-state index contributed by atoms with van der Waals surface area (Å²) >= 11 is 3.43. The van der Waals surface area contributed by atoms with Gasteiger partial charge in [-0.15, -0.1) is 0 Å². The molecule has 0 fully saturated rings. The minimum Gasteiger partial charge on any atom is -0.493 e. The molecule has 0 bridgehead atoms. The molecule has 0 atom stereocenters. The van der Waals surface area contributed by atoms with Crippen molar-refractivity contribution in [2.24, 2.45) is 0 Å². The quantitative estimate of drug-likeness (QED) is 0.219. The molecule has 1 N–H and O–H groups in total. The first-order valence-corrected chi connectivity index (χ1v) is 12.9. The standard InChI is InChI=1S/C30H29BrN2O3/c1-3-5-19-36-28-18-15-23(31)20-26(28)29(34)32-24-16-13-22(14-17-24)30(35)33(4-2)27-12-8-10-21-9-6-7-11-25(21)27/h6-18,20H,3-5,19H2,1-2H3,(H,32,34). The number of fused-ring (bicyclic) bond motifs is 1. The molecule has 184 valence electrons. The van der Waals surface area contributed by atoms with Gasteiger partial charge in [0.2, 0.25) is 0 Å². The van der Waals surface area contributed by atoms with Gasteiger partial charge >= 0.3 is 0 Å². The summed E-state index contributed by atoms with van der Waals surface area (Å²) in [5.74, 6) is 0.183. The Morgan fingerprint density at radius 1 is 0.917 bits per heavy atom. The number of anilines is 2. The first-order valence-electron chi connectivity index (χ1n) is 12.1. The minimum absolute atomic E-state index is 0.0923. The maximum Gasteiger partial charge on any atom is 0.259 e. The topological polar surface area (TPSA) is 58.6 Å². The van der Waals surface area contributed by atoms with Crippen LogP contribution in [0, 0.1) is 0 Å². The van der Waals surface area contributed by atoms with Crippen molar-refractivity contribution in [1.29, 1.82) is 0 Å². The van der Waals surface area contributed by atoms with E-state index >= 15 is 0 Å². The van der Waals surface area contributed by atoms with Gasteiger partial charge in [-0.2, -0.15) is 0 Å². The number of hydrogen-bond donors (Lipinski definition) is 1. The van der Waals surface area contributed by atoms with Crippen LogP contribution < -0.4 is 15.0 Å². The van der Waals surface area contributed by atoms with Crippen LogP contribution in [0.1, 0.15) is 47.4 Å². The zero-order chi connectivity index (χ0) is 25.5. The number of hydrogen-bond acceptors (Lipinski definition) is 3. The third kappa shape index (κ3) is 5.77. The number of carbonyl (C=O) groups is 2. The molecule has 0 saturated carbocycles. The molecule has 6 heteroatoms. The van der Waals surface area contributed by atoms with Gasteiger partial charge in [-0.3, -0.25) is 9.59 Å². The second kappa shape index (κ2) is 11.9. The number of halogens is 1. The summed E-state index contributed by atoms with van der Waals surface area (Å²) in [6, 6.07) is 26.4. The molecule has 4 aromatic rings. The van der Waals surface area contributed by atoms with Gasteiger partial charge in [-0.1, -0.05) is 65.7 Å². The minimum atomic E-state index is -0.271. The molecule has 0 aromatic heterocycles. The highest BCUT2D eigenvalue weighted by atomic mass is 79.9. The van der Waals surface area contributed by atoms with Crippen molar-refractivity contribution in [2.45, 2.75) is 26.7 Å². The van der Waals surface area contributed by atoms with Crippen LogP contribution in [0.3, 0.4) is 0 Å². The Bertz CT molecular complexity index is 1360. The van der Waals surface area contributed by atoms with Crippen LogP contribution >= 0.6 is 15.9 Å². The number of ether oxygens (including phenoxy) is 1. The molecule has 0 heterocycles. The van der Waals surface area contributed by atoms with Crippen LogP contribution in [0.5, 0.6) is 5.75 Å². The van der Waals surface area contributed by atoms with Gasteiger partial charge in [0.1, 0.15) is 5.75 Å². The SMILES string of the molecule is CCCCOc1ccc(Br)cc1C(=O)Nc1ccc(C(=O)N(CC)c2cccc3ccccc23)cc1. The average molecular weight is 545 g/mol. The molecule has 0 aliphatic rings. The number of unbranched alkanes of at least 4 members (excludes halogenated alkanes) is 1. The lowest BCUT2D eigenvalue weighted by Crippen LogP contribution is -2.30. The zero-order valence-corrected chi connectivity index (χ0v) is 22.0. The average Bonchev–Trinajstić information content (AvgIpc) is 2.90. The predicted molar refractivity (Wildman–Crippen MR) is 150 cm³/mol. The van der Waals surface area contributed by atoms with E-state index < -0.39 is 0 Å². The van der Waals surface area contributed by atoms with Crippen molar-refractivity contribution in [2.75, 3.05) is 23.4 Å². The molecule has 0 aliphatic heterocycles. The van der Waals surface area contributed by atoms with E-state index in [9.17, 15) is 9.59 Å². The Morgan fingerprint density at radius 3 is 2.42 bits per heavy atom. The van der Waals surface area contributed by atoms with E-state index in [0.29, 0.717) is 35.7 Å². The van der Waals surface area contributed by atoms with Crippen molar-refractivity contribution in [1.82, 2.24) is 0 Å². The molecule has 0 unspecified atom stereocenters. The molecule has 5 nitrogen and oxygen atoms in total. The molecule has 0 aliphatic carbocycles. The van der Waals surface area contributed by atoms with Crippen LogP contribution in [-0.2, 0) is 0 Å². The number of amides is 2. The molecule has 4 aromatic carbocycles. The van der Waals surface area contributed by atoms with E-state index in [4.69, 9.17) is 4.74 Å². The Hall–Kier alpha value is -3.64. The number of benzene rings is 4. The van der Waals surface area contributed by atoms with Crippen molar-refractivity contribution in [3.8, 4) is 5.75 Å². The molecule has 2 amide bonds. The molecule has 0 spiro atoms. The zero-order valence-electron chi connectivity index (χ0n) is 20.5. The molecule has 36 heavy (non-hydrogen) atoms. The number of carbonyl (C=O) groups excluding carboxylic acids is 2. The molecule has 0 saturated heterocycles. The monoisotopic (exact) mass is 544 g/mol. The van der Waals surface area contributed by atoms with Crippen molar-refractivity contribution >= 4 is 49.9 Å². The smallest absolute Gasteiger partial charge is 0.259 e. The van der Waals surface area contributed by atoms with Gasteiger partial charge in [0.05, 0.1) is 17.9 Å². The second-order valence-corrected chi connectivity index (χ2v) is 9.34. The molecule has 4 rings (SSSR count). The Balaban J connectivity index is 1.51. The van der Waals surface area contributed by atoms with Gasteiger partial charge in [0.15, 0.2) is 0 Å². The Morgan fingerprint density at radius 2 is 1.67 bits per heavy atom. The highest BCUT2D eigenvalue weighted by Gasteiger charge is 2.19. The third-order valence-electron chi connectivity index (χ3n) is 5.95. The summed E-state index contributed by atoms with van der Waals surface area (Å²) < 4.78 is 6.62. The molecular weight excluding hydrogens is 516 g/mol. The van der Waals surface area contributed by atoms with Crippen molar-refractivity contribution in [3.63, 3.8) is 0 Å². The summed E-state index contributed by atoms with van der Waals surface area (Å²) in [6.45, 7) is 5.15. The Labute approximate surface area is 220 Å². The van der Waals surface area contributed by atoms with E-state index in [0.717, 1.165) is 33.8 Å². The molecular formula is C30H29BrN2O3. The maximum absolute atomic E-state index is 13.4. The highest BCUT2D eigenvalue weighted by Crippen LogP contribution is 2.28. The fourth-order valence-electron chi connectivity index (χ4n) is 4.05. The van der Waals surface area contributed by atoms with Crippen molar-refractivity contribution in [3.05, 3.63) is 101 Å². The summed E-state index contributed by atoms with van der Waals surface area (Å²) in [5, 5.41) is 5.04. The molecule has 0 radical (unpaired) electrons. The lowest BCUT2D eigenvalue weighted by atomic mass is 10.1. The summed E-state index contributed by atoms with van der Waals surface area (Å²) in [5.41, 5.74) is 2.48. The Kier molecular flexibility index (Phi) is 8.39. The van der Waals surface area contributed by atoms with Crippen LogP contribution in [0.2, 0.25) is 0 Å². The van der Waals surface area contributed by atoms with Crippen LogP contribution in [0.25, 0.3) is 10.8 Å². The van der Waals surface area contributed by atoms with Crippen LogP contribution in [-0.4, -0.2) is 25.0 Å². The van der Waals surface area contributed by atoms with E-state index in [1.54, 1.807) is 41.3 Å². The largest absolute Gasteiger partial charge is 0.493 e. The summed E-state index contributed by atoms with van der Waals surface area (Å²) in [4.78, 5) is 28.2. The summed E-state index contributed by atoms with van der Waals surface area (Å²) in [7, 11) is 0. The first kappa shape index (κ1) is 25.5. The highest BCUT2D eigenvalue weighted by molar-refractivity contribution is 9.10. The normalized spacial score (nSPS) is 10.8. The number of rotatable bonds is 9. The van der Waals surface area contributed by atoms with Crippen molar-refractivity contribution < 1.29 is 14.3 Å². The van der Waals surface area contributed by atoms with Gasteiger partial charge in [-0.25, -0.2) is 0 Å². The van der Waals surface area contributed by atoms with E-state index in [1.807, 2.05) is 55.5 Å². The lowest BCUT2D eigenvalue weighted by Gasteiger charge is -2.23. The fraction of sp³-hybridized carbons (Fsp3) is 0.200. The van der Waals surface area contributed by atoms with E-state index in [1.165, 1.54) is 0 Å².